The molecule has 1 aliphatic rings. The minimum absolute atomic E-state index is 0.0898. The number of para-hydroxylation sites is 1. The van der Waals surface area contributed by atoms with E-state index in [1.54, 1.807) is 54.9 Å². The lowest BCUT2D eigenvalue weighted by atomic mass is 10.1. The highest BCUT2D eigenvalue weighted by Gasteiger charge is 2.10. The van der Waals surface area contributed by atoms with Gasteiger partial charge in [-0.3, -0.25) is 9.59 Å². The molecule has 0 saturated heterocycles. The minimum Gasteiger partial charge on any atom is -0.480 e. The summed E-state index contributed by atoms with van der Waals surface area (Å²) < 4.78 is 0. The first-order valence-electron chi connectivity index (χ1n) is 9.96. The molecular weight excluding hydrogens is 408 g/mol. The summed E-state index contributed by atoms with van der Waals surface area (Å²) in [6.45, 7) is 1.69. The Bertz CT molecular complexity index is 1100. The summed E-state index contributed by atoms with van der Waals surface area (Å²) in [5.74, 6) is -1.24. The molecule has 4 N–H and O–H groups in total. The lowest BCUT2D eigenvalue weighted by Gasteiger charge is -2.14. The van der Waals surface area contributed by atoms with Gasteiger partial charge in [-0.2, -0.15) is 0 Å². The summed E-state index contributed by atoms with van der Waals surface area (Å²) in [4.78, 5) is 37.2. The summed E-state index contributed by atoms with van der Waals surface area (Å²) in [5, 5.41) is 17.3. The smallest absolute Gasteiger partial charge is 0.323 e. The van der Waals surface area contributed by atoms with Crippen LogP contribution in [0.4, 0.5) is 16.2 Å². The molecule has 32 heavy (non-hydrogen) atoms. The Labute approximate surface area is 185 Å². The van der Waals surface area contributed by atoms with E-state index in [0.717, 1.165) is 16.8 Å². The van der Waals surface area contributed by atoms with Gasteiger partial charge in [-0.25, -0.2) is 4.79 Å². The van der Waals surface area contributed by atoms with Crippen LogP contribution in [0.3, 0.4) is 0 Å². The molecule has 3 amide bonds. The van der Waals surface area contributed by atoms with Crippen LogP contribution in [-0.4, -0.2) is 34.5 Å². The van der Waals surface area contributed by atoms with Crippen LogP contribution in [0.15, 0.2) is 84.9 Å². The zero-order valence-electron chi connectivity index (χ0n) is 17.5. The number of aryl methyl sites for hydroxylation is 1. The Morgan fingerprint density at radius 2 is 1.78 bits per heavy atom. The number of carbonyl (C=O) groups is 3. The van der Waals surface area contributed by atoms with Crippen molar-refractivity contribution in [3.05, 3.63) is 96.0 Å². The number of nitrogens with one attached hydrogen (secondary N) is 3. The van der Waals surface area contributed by atoms with E-state index in [-0.39, 0.29) is 24.9 Å². The SMILES string of the molecule is Cc1ccccc1NC(=O)Nc1cccc(CC(=O)NC2=CN(CC(=O)O)C=CC=C2)c1. The van der Waals surface area contributed by atoms with Gasteiger partial charge in [-0.1, -0.05) is 36.4 Å². The number of carbonyl (C=O) groups excluding carboxylic acids is 2. The number of carboxylic acid groups (broad SMARTS) is 1. The molecule has 0 aromatic heterocycles. The van der Waals surface area contributed by atoms with Gasteiger partial charge in [-0.15, -0.1) is 0 Å². The molecule has 0 atom stereocenters. The number of amides is 3. The third kappa shape index (κ3) is 6.88. The maximum atomic E-state index is 12.5. The normalized spacial score (nSPS) is 12.5. The number of benzene rings is 2. The molecule has 0 unspecified atom stereocenters. The van der Waals surface area contributed by atoms with Gasteiger partial charge < -0.3 is 26.0 Å². The minimum atomic E-state index is -0.978. The molecule has 3 rings (SSSR count). The Balaban J connectivity index is 1.58. The average Bonchev–Trinajstić information content (AvgIpc) is 2.94. The third-order valence-electron chi connectivity index (χ3n) is 4.51. The van der Waals surface area contributed by atoms with Crippen molar-refractivity contribution in [3.8, 4) is 0 Å². The fourth-order valence-corrected chi connectivity index (χ4v) is 3.06. The van der Waals surface area contributed by atoms with Crippen LogP contribution in [0, 0.1) is 6.92 Å². The number of nitrogens with zero attached hydrogens (tertiary/aromatic N) is 1. The van der Waals surface area contributed by atoms with Gasteiger partial charge in [0.2, 0.25) is 5.91 Å². The topological polar surface area (TPSA) is 111 Å². The van der Waals surface area contributed by atoms with Crippen molar-refractivity contribution in [2.24, 2.45) is 0 Å². The van der Waals surface area contributed by atoms with Gasteiger partial charge >= 0.3 is 12.0 Å². The maximum Gasteiger partial charge on any atom is 0.323 e. The highest BCUT2D eigenvalue weighted by atomic mass is 16.4. The van der Waals surface area contributed by atoms with Crippen LogP contribution in [0.2, 0.25) is 0 Å². The molecule has 164 valence electrons. The van der Waals surface area contributed by atoms with Crippen molar-refractivity contribution < 1.29 is 19.5 Å². The van der Waals surface area contributed by atoms with Gasteiger partial charge in [-0.05, 0) is 48.4 Å². The quantitative estimate of drug-likeness (QED) is 0.534. The number of aliphatic carboxylic acids is 1. The molecular formula is C24H24N4O4. The van der Waals surface area contributed by atoms with E-state index in [9.17, 15) is 14.4 Å². The third-order valence-corrected chi connectivity index (χ3v) is 4.51. The first-order chi connectivity index (χ1) is 15.4. The highest BCUT2D eigenvalue weighted by molar-refractivity contribution is 6.00. The van der Waals surface area contributed by atoms with Gasteiger partial charge in [0.05, 0.1) is 12.1 Å². The molecule has 2 aromatic rings. The predicted molar refractivity (Wildman–Crippen MR) is 123 cm³/mol. The van der Waals surface area contributed by atoms with Gasteiger partial charge in [0.25, 0.3) is 0 Å². The number of hydrogen-bond donors (Lipinski definition) is 4. The van der Waals surface area contributed by atoms with E-state index in [0.29, 0.717) is 11.4 Å². The number of allylic oxidation sites excluding steroid dienone is 3. The summed E-state index contributed by atoms with van der Waals surface area (Å²) in [6.07, 6.45) is 8.35. The second-order valence-electron chi connectivity index (χ2n) is 7.17. The molecule has 8 nitrogen and oxygen atoms in total. The molecule has 0 bridgehead atoms. The number of carboxylic acids is 1. The Morgan fingerprint density at radius 1 is 0.969 bits per heavy atom. The van der Waals surface area contributed by atoms with Crippen LogP contribution in [0.5, 0.6) is 0 Å². The van der Waals surface area contributed by atoms with Crippen LogP contribution >= 0.6 is 0 Å². The van der Waals surface area contributed by atoms with Gasteiger partial charge in [0, 0.05) is 23.8 Å². The van der Waals surface area contributed by atoms with Gasteiger partial charge in [0.1, 0.15) is 6.54 Å². The summed E-state index contributed by atoms with van der Waals surface area (Å²) in [7, 11) is 0. The zero-order valence-corrected chi connectivity index (χ0v) is 17.5. The summed E-state index contributed by atoms with van der Waals surface area (Å²) in [6, 6.07) is 14.1. The van der Waals surface area contributed by atoms with Crippen molar-refractivity contribution in [2.75, 3.05) is 17.2 Å². The molecule has 8 heteroatoms. The maximum absolute atomic E-state index is 12.5. The Hall–Kier alpha value is -4.33. The molecule has 0 fully saturated rings. The van der Waals surface area contributed by atoms with Crippen molar-refractivity contribution in [1.82, 2.24) is 10.2 Å². The van der Waals surface area contributed by atoms with E-state index < -0.39 is 5.97 Å². The lowest BCUT2D eigenvalue weighted by Crippen LogP contribution is -2.26. The molecule has 1 aliphatic heterocycles. The fourth-order valence-electron chi connectivity index (χ4n) is 3.06. The molecule has 0 saturated carbocycles. The highest BCUT2D eigenvalue weighted by Crippen LogP contribution is 2.15. The van der Waals surface area contributed by atoms with E-state index in [1.807, 2.05) is 31.2 Å². The van der Waals surface area contributed by atoms with Crippen LogP contribution in [0.1, 0.15) is 11.1 Å². The Morgan fingerprint density at radius 3 is 2.56 bits per heavy atom. The average molecular weight is 432 g/mol. The van der Waals surface area contributed by atoms with E-state index in [2.05, 4.69) is 16.0 Å². The van der Waals surface area contributed by atoms with Crippen molar-refractivity contribution in [2.45, 2.75) is 13.3 Å². The number of anilines is 2. The molecule has 0 radical (unpaired) electrons. The summed E-state index contributed by atoms with van der Waals surface area (Å²) >= 11 is 0. The fraction of sp³-hybridized carbons (Fsp3) is 0.125. The standard InChI is InChI=1S/C24H24N4O4/c1-17-7-2-3-11-21(17)27-24(32)26-19-10-6-8-18(13-19)14-22(29)25-20-9-4-5-12-28(15-20)16-23(30)31/h2-13,15H,14,16H2,1H3,(H,25,29)(H,30,31)(H2,26,27,32). The van der Waals surface area contributed by atoms with Crippen molar-refractivity contribution in [1.29, 1.82) is 0 Å². The first-order valence-corrected chi connectivity index (χ1v) is 9.96. The monoisotopic (exact) mass is 432 g/mol. The second-order valence-corrected chi connectivity index (χ2v) is 7.17. The van der Waals surface area contributed by atoms with Crippen molar-refractivity contribution in [3.63, 3.8) is 0 Å². The number of urea groups is 1. The lowest BCUT2D eigenvalue weighted by molar-refractivity contribution is -0.137. The van der Waals surface area contributed by atoms with E-state index in [4.69, 9.17) is 5.11 Å². The van der Waals surface area contributed by atoms with Crippen LogP contribution in [0.25, 0.3) is 0 Å². The predicted octanol–water partition coefficient (Wildman–Crippen LogP) is 3.61. The molecule has 1 heterocycles. The first kappa shape index (κ1) is 22.4. The second kappa shape index (κ2) is 10.6. The number of hydrogen-bond acceptors (Lipinski definition) is 4. The Kier molecular flexibility index (Phi) is 7.42. The van der Waals surface area contributed by atoms with E-state index >= 15 is 0 Å². The summed E-state index contributed by atoms with van der Waals surface area (Å²) in [5.41, 5.74) is 3.43. The zero-order chi connectivity index (χ0) is 22.9. The molecule has 2 aromatic carbocycles. The van der Waals surface area contributed by atoms with Crippen LogP contribution in [-0.2, 0) is 16.0 Å². The van der Waals surface area contributed by atoms with Crippen LogP contribution < -0.4 is 16.0 Å². The number of rotatable bonds is 7. The molecule has 0 spiro atoms. The van der Waals surface area contributed by atoms with Gasteiger partial charge in [0.15, 0.2) is 0 Å². The van der Waals surface area contributed by atoms with E-state index in [1.165, 1.54) is 4.90 Å². The largest absolute Gasteiger partial charge is 0.480 e. The molecule has 0 aliphatic carbocycles. The van der Waals surface area contributed by atoms with Crippen molar-refractivity contribution >= 4 is 29.3 Å².